The van der Waals surface area contributed by atoms with Gasteiger partial charge in [-0.15, -0.1) is 23.4 Å². The SMILES string of the molecule is CCCCC(=O)CCl.CCCCC(=O)CSc1ccc(S(=O)(=O)N2CCCCC2)cc1. The Labute approximate surface area is 197 Å². The van der Waals surface area contributed by atoms with Crippen LogP contribution in [-0.2, 0) is 19.6 Å². The van der Waals surface area contributed by atoms with E-state index in [0.29, 0.717) is 36.6 Å². The number of Topliss-reactive ketones (excluding diaryl/α,β-unsaturated/α-hetero) is 2. The van der Waals surface area contributed by atoms with E-state index in [2.05, 4.69) is 13.8 Å². The molecular weight excluding hydrogens is 454 g/mol. The van der Waals surface area contributed by atoms with Crippen LogP contribution in [0.3, 0.4) is 0 Å². The predicted molar refractivity (Wildman–Crippen MR) is 130 cm³/mol. The Morgan fingerprint density at radius 1 is 0.935 bits per heavy atom. The number of carbonyl (C=O) groups excluding carboxylic acids is 2. The minimum Gasteiger partial charge on any atom is -0.299 e. The van der Waals surface area contributed by atoms with Crippen molar-refractivity contribution in [3.63, 3.8) is 0 Å². The lowest BCUT2D eigenvalue weighted by molar-refractivity contribution is -0.117. The van der Waals surface area contributed by atoms with Crippen LogP contribution in [0.1, 0.15) is 71.6 Å². The summed E-state index contributed by atoms with van der Waals surface area (Å²) in [5, 5.41) is 0. The minimum absolute atomic E-state index is 0.161. The molecule has 0 bridgehead atoms. The minimum atomic E-state index is -3.36. The highest BCUT2D eigenvalue weighted by Gasteiger charge is 2.25. The molecule has 1 aromatic carbocycles. The molecule has 176 valence electrons. The molecule has 1 aliphatic rings. The van der Waals surface area contributed by atoms with E-state index in [1.807, 2.05) is 0 Å². The number of hydrogen-bond donors (Lipinski definition) is 0. The van der Waals surface area contributed by atoms with E-state index < -0.39 is 10.0 Å². The third-order valence-corrected chi connectivity index (χ3v) is 8.23. The van der Waals surface area contributed by atoms with Crippen molar-refractivity contribution in [2.75, 3.05) is 24.7 Å². The molecule has 5 nitrogen and oxygen atoms in total. The van der Waals surface area contributed by atoms with Gasteiger partial charge in [-0.1, -0.05) is 33.1 Å². The maximum atomic E-state index is 12.5. The number of rotatable bonds is 12. The van der Waals surface area contributed by atoms with Crippen molar-refractivity contribution in [1.82, 2.24) is 4.31 Å². The summed E-state index contributed by atoms with van der Waals surface area (Å²) in [6.07, 6.45) is 8.28. The molecule has 0 atom stereocenters. The van der Waals surface area contributed by atoms with E-state index in [-0.39, 0.29) is 17.4 Å². The zero-order valence-electron chi connectivity index (χ0n) is 18.8. The van der Waals surface area contributed by atoms with Crippen molar-refractivity contribution in [1.29, 1.82) is 0 Å². The first kappa shape index (κ1) is 28.1. The predicted octanol–water partition coefficient (Wildman–Crippen LogP) is 5.70. The average molecular weight is 490 g/mol. The summed E-state index contributed by atoms with van der Waals surface area (Å²) in [5.74, 6) is 1.05. The maximum Gasteiger partial charge on any atom is 0.243 e. The molecule has 0 amide bonds. The van der Waals surface area contributed by atoms with Crippen LogP contribution in [0, 0.1) is 0 Å². The Morgan fingerprint density at radius 2 is 1.48 bits per heavy atom. The van der Waals surface area contributed by atoms with Crippen molar-refractivity contribution in [3.8, 4) is 0 Å². The number of sulfonamides is 1. The van der Waals surface area contributed by atoms with Crippen molar-refractivity contribution in [2.45, 2.75) is 81.4 Å². The van der Waals surface area contributed by atoms with E-state index >= 15 is 0 Å². The monoisotopic (exact) mass is 489 g/mol. The van der Waals surface area contributed by atoms with E-state index in [0.717, 1.165) is 49.8 Å². The van der Waals surface area contributed by atoms with Gasteiger partial charge in [0.2, 0.25) is 10.0 Å². The number of hydrogen-bond acceptors (Lipinski definition) is 5. The van der Waals surface area contributed by atoms with Gasteiger partial charge in [-0.2, -0.15) is 4.31 Å². The second kappa shape index (κ2) is 15.8. The number of unbranched alkanes of at least 4 members (excludes halogenated alkanes) is 2. The Kier molecular flexibility index (Phi) is 14.4. The Bertz CT molecular complexity index is 760. The molecular formula is C23H36ClNO4S2. The van der Waals surface area contributed by atoms with Gasteiger partial charge in [0.25, 0.3) is 0 Å². The van der Waals surface area contributed by atoms with Gasteiger partial charge < -0.3 is 0 Å². The fourth-order valence-corrected chi connectivity index (χ4v) is 5.46. The van der Waals surface area contributed by atoms with Crippen LogP contribution < -0.4 is 0 Å². The summed E-state index contributed by atoms with van der Waals surface area (Å²) in [6, 6.07) is 6.91. The van der Waals surface area contributed by atoms with Crippen molar-refractivity contribution < 1.29 is 18.0 Å². The molecule has 0 saturated carbocycles. The zero-order chi connectivity index (χ0) is 23.1. The van der Waals surface area contributed by atoms with Gasteiger partial charge in [0.1, 0.15) is 11.6 Å². The van der Waals surface area contributed by atoms with Crippen LogP contribution in [0.25, 0.3) is 0 Å². The Morgan fingerprint density at radius 3 is 2.00 bits per heavy atom. The topological polar surface area (TPSA) is 71.5 Å². The zero-order valence-corrected chi connectivity index (χ0v) is 21.2. The van der Waals surface area contributed by atoms with Gasteiger partial charge in [0.05, 0.1) is 16.5 Å². The molecule has 1 aliphatic heterocycles. The summed E-state index contributed by atoms with van der Waals surface area (Å²) in [5.41, 5.74) is 0. The first-order valence-corrected chi connectivity index (χ1v) is 14.1. The molecule has 0 radical (unpaired) electrons. The van der Waals surface area contributed by atoms with Gasteiger partial charge in [-0.05, 0) is 49.9 Å². The number of alkyl halides is 1. The van der Waals surface area contributed by atoms with E-state index in [9.17, 15) is 18.0 Å². The number of carbonyl (C=O) groups is 2. The van der Waals surface area contributed by atoms with Crippen LogP contribution in [0.5, 0.6) is 0 Å². The Balaban J connectivity index is 0.000000512. The third kappa shape index (κ3) is 11.0. The van der Waals surface area contributed by atoms with Crippen LogP contribution in [0.2, 0.25) is 0 Å². The number of halogens is 1. The lowest BCUT2D eigenvalue weighted by Crippen LogP contribution is -2.35. The molecule has 0 aromatic heterocycles. The fraction of sp³-hybridized carbons (Fsp3) is 0.652. The van der Waals surface area contributed by atoms with Gasteiger partial charge >= 0.3 is 0 Å². The molecule has 31 heavy (non-hydrogen) atoms. The lowest BCUT2D eigenvalue weighted by Gasteiger charge is -2.25. The van der Waals surface area contributed by atoms with Crippen molar-refractivity contribution in [3.05, 3.63) is 24.3 Å². The van der Waals surface area contributed by atoms with E-state index in [4.69, 9.17) is 11.6 Å². The molecule has 0 spiro atoms. The Hall–Kier alpha value is -0.890. The molecule has 8 heteroatoms. The number of benzene rings is 1. The first-order chi connectivity index (χ1) is 14.8. The molecule has 1 aromatic rings. The summed E-state index contributed by atoms with van der Waals surface area (Å²) < 4.78 is 26.7. The van der Waals surface area contributed by atoms with Gasteiger partial charge in [-0.3, -0.25) is 9.59 Å². The molecule has 1 fully saturated rings. The standard InChI is InChI=1S/C17H25NO3S2.C6H11ClO/c1-2-3-7-15(19)14-22-16-8-10-17(11-9-16)23(20,21)18-12-5-4-6-13-18;1-2-3-4-6(8)5-7/h8-11H,2-7,12-14H2,1H3;2-5H2,1H3. The maximum absolute atomic E-state index is 12.5. The third-order valence-electron chi connectivity index (χ3n) is 4.94. The highest BCUT2D eigenvalue weighted by molar-refractivity contribution is 8.00. The number of nitrogens with zero attached hydrogens (tertiary/aromatic N) is 1. The summed E-state index contributed by atoms with van der Waals surface area (Å²) in [4.78, 5) is 23.4. The molecule has 1 heterocycles. The molecule has 1 saturated heterocycles. The highest BCUT2D eigenvalue weighted by atomic mass is 35.5. The van der Waals surface area contributed by atoms with Crippen molar-refractivity contribution >= 4 is 45.0 Å². The molecule has 0 aliphatic carbocycles. The summed E-state index contributed by atoms with van der Waals surface area (Å²) in [7, 11) is -3.36. The second-order valence-corrected chi connectivity index (χ2v) is 10.9. The molecule has 0 unspecified atom stereocenters. The van der Waals surface area contributed by atoms with Crippen LogP contribution in [0.15, 0.2) is 34.1 Å². The number of thioether (sulfide) groups is 1. The quantitative estimate of drug-likeness (QED) is 0.278. The second-order valence-electron chi connectivity index (χ2n) is 7.64. The van der Waals surface area contributed by atoms with Gasteiger partial charge in [-0.25, -0.2) is 8.42 Å². The van der Waals surface area contributed by atoms with Gasteiger partial charge in [0.15, 0.2) is 0 Å². The number of ketones is 2. The summed E-state index contributed by atoms with van der Waals surface area (Å²) in [6.45, 7) is 5.36. The van der Waals surface area contributed by atoms with Crippen molar-refractivity contribution in [2.24, 2.45) is 0 Å². The van der Waals surface area contributed by atoms with Crippen LogP contribution >= 0.6 is 23.4 Å². The number of piperidine rings is 1. The van der Waals surface area contributed by atoms with Crippen LogP contribution in [0.4, 0.5) is 0 Å². The molecule has 2 rings (SSSR count). The smallest absolute Gasteiger partial charge is 0.243 e. The largest absolute Gasteiger partial charge is 0.299 e. The summed E-state index contributed by atoms with van der Waals surface area (Å²) >= 11 is 6.71. The fourth-order valence-electron chi connectivity index (χ4n) is 3.01. The van der Waals surface area contributed by atoms with Gasteiger partial charge in [0, 0.05) is 30.8 Å². The molecule has 0 N–H and O–H groups in total. The van der Waals surface area contributed by atoms with E-state index in [1.165, 1.54) is 11.8 Å². The van der Waals surface area contributed by atoms with Crippen LogP contribution in [-0.4, -0.2) is 49.0 Å². The van der Waals surface area contributed by atoms with E-state index in [1.54, 1.807) is 28.6 Å². The lowest BCUT2D eigenvalue weighted by atomic mass is 10.2. The first-order valence-electron chi connectivity index (χ1n) is 11.2. The average Bonchev–Trinajstić information content (AvgIpc) is 2.81. The highest BCUT2D eigenvalue weighted by Crippen LogP contribution is 2.24. The normalized spacial score (nSPS) is 14.5.